The van der Waals surface area contributed by atoms with E-state index < -0.39 is 5.60 Å². The van der Waals surface area contributed by atoms with Crippen molar-refractivity contribution in [3.8, 4) is 0 Å². The van der Waals surface area contributed by atoms with Crippen molar-refractivity contribution in [1.82, 2.24) is 19.9 Å². The average molecular weight is 262 g/mol. The van der Waals surface area contributed by atoms with Gasteiger partial charge in [0.15, 0.2) is 0 Å². The molecule has 1 aliphatic rings. The molecule has 0 aromatic carbocycles. The van der Waals surface area contributed by atoms with Crippen LogP contribution in [0.3, 0.4) is 0 Å². The molecule has 1 fully saturated rings. The Morgan fingerprint density at radius 2 is 2.37 bits per heavy atom. The maximum absolute atomic E-state index is 10.6. The van der Waals surface area contributed by atoms with Crippen molar-refractivity contribution in [3.63, 3.8) is 0 Å². The number of nitrogens with zero attached hydrogens (tertiary/aromatic N) is 4. The minimum atomic E-state index is -0.727. The molecule has 1 saturated heterocycles. The number of rotatable bonds is 4. The van der Waals surface area contributed by atoms with Gasteiger partial charge in [-0.05, 0) is 25.5 Å². The lowest BCUT2D eigenvalue weighted by Crippen LogP contribution is -2.37. The molecular formula is C13H18N4O2. The van der Waals surface area contributed by atoms with Crippen LogP contribution >= 0.6 is 0 Å². The zero-order valence-corrected chi connectivity index (χ0v) is 11.0. The van der Waals surface area contributed by atoms with Crippen LogP contribution in [0.2, 0.25) is 0 Å². The molecule has 0 saturated carbocycles. The SMILES string of the molecule is Cc1ccc(CN2CCC(O)(Cn3ccnn3)C2)o1. The third-order valence-electron chi connectivity index (χ3n) is 3.52. The van der Waals surface area contributed by atoms with Crippen LogP contribution in [-0.2, 0) is 13.1 Å². The Balaban J connectivity index is 1.60. The topological polar surface area (TPSA) is 67.3 Å². The van der Waals surface area contributed by atoms with E-state index in [1.165, 1.54) is 0 Å². The number of furan rings is 1. The van der Waals surface area contributed by atoms with Crippen LogP contribution < -0.4 is 0 Å². The molecule has 0 aliphatic carbocycles. The van der Waals surface area contributed by atoms with Gasteiger partial charge in [-0.15, -0.1) is 5.10 Å². The number of hydrogen-bond donors (Lipinski definition) is 1. The first-order valence-electron chi connectivity index (χ1n) is 6.47. The highest BCUT2D eigenvalue weighted by Gasteiger charge is 2.36. The lowest BCUT2D eigenvalue weighted by molar-refractivity contribution is 0.0269. The minimum absolute atomic E-state index is 0.487. The maximum Gasteiger partial charge on any atom is 0.118 e. The number of β-amino-alcohol motifs (C(OH)–C–C–N with tert-alkyl or cyclic N) is 1. The van der Waals surface area contributed by atoms with Gasteiger partial charge in [-0.3, -0.25) is 4.90 Å². The molecule has 1 N–H and O–H groups in total. The number of likely N-dealkylation sites (tertiary alicyclic amines) is 1. The van der Waals surface area contributed by atoms with Crippen LogP contribution in [0.1, 0.15) is 17.9 Å². The van der Waals surface area contributed by atoms with Gasteiger partial charge in [0.25, 0.3) is 0 Å². The first-order chi connectivity index (χ1) is 9.13. The van der Waals surface area contributed by atoms with Crippen molar-refractivity contribution in [3.05, 3.63) is 36.0 Å². The van der Waals surface area contributed by atoms with E-state index in [0.29, 0.717) is 13.1 Å². The fourth-order valence-corrected chi connectivity index (χ4v) is 2.61. The lowest BCUT2D eigenvalue weighted by Gasteiger charge is -2.22. The quantitative estimate of drug-likeness (QED) is 0.883. The van der Waals surface area contributed by atoms with Crippen LogP contribution in [0.4, 0.5) is 0 Å². The molecule has 1 atom stereocenters. The van der Waals surface area contributed by atoms with Crippen molar-refractivity contribution in [2.24, 2.45) is 0 Å². The second kappa shape index (κ2) is 4.79. The summed E-state index contributed by atoms with van der Waals surface area (Å²) < 4.78 is 7.25. The monoisotopic (exact) mass is 262 g/mol. The normalized spacial score (nSPS) is 24.1. The molecule has 19 heavy (non-hydrogen) atoms. The first kappa shape index (κ1) is 12.4. The van der Waals surface area contributed by atoms with Gasteiger partial charge < -0.3 is 9.52 Å². The zero-order chi connectivity index (χ0) is 13.3. The summed E-state index contributed by atoms with van der Waals surface area (Å²) in [5, 5.41) is 18.2. The van der Waals surface area contributed by atoms with Crippen LogP contribution in [0.15, 0.2) is 28.9 Å². The molecule has 3 heterocycles. The molecule has 0 amide bonds. The van der Waals surface area contributed by atoms with Gasteiger partial charge in [0, 0.05) is 19.3 Å². The predicted octanol–water partition coefficient (Wildman–Crippen LogP) is 0.817. The van der Waals surface area contributed by atoms with E-state index in [1.54, 1.807) is 17.1 Å². The van der Waals surface area contributed by atoms with Gasteiger partial charge >= 0.3 is 0 Å². The minimum Gasteiger partial charge on any atom is -0.465 e. The fourth-order valence-electron chi connectivity index (χ4n) is 2.61. The largest absolute Gasteiger partial charge is 0.465 e. The summed E-state index contributed by atoms with van der Waals surface area (Å²) in [5.74, 6) is 1.87. The van der Waals surface area contributed by atoms with Crippen LogP contribution in [-0.4, -0.2) is 43.7 Å². The molecule has 6 nitrogen and oxygen atoms in total. The predicted molar refractivity (Wildman–Crippen MR) is 68.3 cm³/mol. The average Bonchev–Trinajstić information content (AvgIpc) is 3.04. The molecule has 0 spiro atoms. The summed E-state index contributed by atoms with van der Waals surface area (Å²) in [6.45, 7) is 4.67. The second-order valence-electron chi connectivity index (χ2n) is 5.30. The van der Waals surface area contributed by atoms with Gasteiger partial charge in [-0.1, -0.05) is 5.21 Å². The lowest BCUT2D eigenvalue weighted by atomic mass is 10.0. The van der Waals surface area contributed by atoms with E-state index in [2.05, 4.69) is 15.2 Å². The summed E-state index contributed by atoms with van der Waals surface area (Å²) in [7, 11) is 0. The van der Waals surface area contributed by atoms with Crippen LogP contribution in [0.5, 0.6) is 0 Å². The van der Waals surface area contributed by atoms with Crippen LogP contribution in [0, 0.1) is 6.92 Å². The maximum atomic E-state index is 10.6. The highest BCUT2D eigenvalue weighted by Crippen LogP contribution is 2.24. The highest BCUT2D eigenvalue weighted by molar-refractivity contribution is 5.06. The second-order valence-corrected chi connectivity index (χ2v) is 5.30. The molecule has 2 aromatic heterocycles. The molecule has 2 aromatic rings. The van der Waals surface area contributed by atoms with Gasteiger partial charge in [-0.2, -0.15) is 0 Å². The molecular weight excluding hydrogens is 244 g/mol. The van der Waals surface area contributed by atoms with E-state index in [-0.39, 0.29) is 0 Å². The Labute approximate surface area is 111 Å². The summed E-state index contributed by atoms with van der Waals surface area (Å²) >= 11 is 0. The van der Waals surface area contributed by atoms with E-state index in [0.717, 1.165) is 31.0 Å². The first-order valence-corrected chi connectivity index (χ1v) is 6.47. The highest BCUT2D eigenvalue weighted by atomic mass is 16.3. The standard InChI is InChI=1S/C13H18N4O2/c1-11-2-3-12(19-11)8-16-6-4-13(18,9-16)10-17-7-5-14-15-17/h2-3,5,7,18H,4,6,8-10H2,1H3. The molecule has 3 rings (SSSR count). The van der Waals surface area contributed by atoms with Crippen molar-refractivity contribution < 1.29 is 9.52 Å². The van der Waals surface area contributed by atoms with Crippen LogP contribution in [0.25, 0.3) is 0 Å². The summed E-state index contributed by atoms with van der Waals surface area (Å²) in [4.78, 5) is 2.20. The summed E-state index contributed by atoms with van der Waals surface area (Å²) in [6.07, 6.45) is 4.14. The molecule has 6 heteroatoms. The Morgan fingerprint density at radius 1 is 1.47 bits per heavy atom. The molecule has 0 bridgehead atoms. The smallest absolute Gasteiger partial charge is 0.118 e. The summed E-state index contributed by atoms with van der Waals surface area (Å²) in [5.41, 5.74) is -0.727. The molecule has 1 unspecified atom stereocenters. The number of hydrogen-bond acceptors (Lipinski definition) is 5. The zero-order valence-electron chi connectivity index (χ0n) is 11.0. The Hall–Kier alpha value is -1.66. The third-order valence-corrected chi connectivity index (χ3v) is 3.52. The van der Waals surface area contributed by atoms with Crippen molar-refractivity contribution in [1.29, 1.82) is 0 Å². The Morgan fingerprint density at radius 3 is 3.05 bits per heavy atom. The molecule has 1 aliphatic heterocycles. The van der Waals surface area contributed by atoms with Crippen molar-refractivity contribution in [2.75, 3.05) is 13.1 Å². The fraction of sp³-hybridized carbons (Fsp3) is 0.538. The summed E-state index contributed by atoms with van der Waals surface area (Å²) in [6, 6.07) is 3.96. The number of aliphatic hydroxyl groups is 1. The van der Waals surface area contributed by atoms with E-state index in [1.807, 2.05) is 19.1 Å². The number of aryl methyl sites for hydroxylation is 1. The van der Waals surface area contributed by atoms with E-state index in [9.17, 15) is 5.11 Å². The number of aromatic nitrogens is 3. The van der Waals surface area contributed by atoms with Gasteiger partial charge in [-0.25, -0.2) is 4.68 Å². The molecule has 0 radical (unpaired) electrons. The van der Waals surface area contributed by atoms with Gasteiger partial charge in [0.2, 0.25) is 0 Å². The van der Waals surface area contributed by atoms with E-state index in [4.69, 9.17) is 4.42 Å². The third kappa shape index (κ3) is 2.85. The van der Waals surface area contributed by atoms with Gasteiger partial charge in [0.1, 0.15) is 11.5 Å². The Bertz CT molecular complexity index is 537. The Kier molecular flexibility index (Phi) is 3.12. The van der Waals surface area contributed by atoms with Crippen molar-refractivity contribution in [2.45, 2.75) is 32.0 Å². The van der Waals surface area contributed by atoms with Crippen molar-refractivity contribution >= 4 is 0 Å². The van der Waals surface area contributed by atoms with Gasteiger partial charge in [0.05, 0.1) is 24.9 Å². The van der Waals surface area contributed by atoms with E-state index >= 15 is 0 Å². The molecule has 102 valence electrons.